The number of imide groups is 1. The smallest absolute Gasteiger partial charge is 0.258 e. The van der Waals surface area contributed by atoms with Gasteiger partial charge in [0.25, 0.3) is 5.91 Å². The van der Waals surface area contributed by atoms with Crippen LogP contribution in [0.4, 0.5) is 5.69 Å². The van der Waals surface area contributed by atoms with Crippen molar-refractivity contribution in [1.82, 2.24) is 5.32 Å². The third-order valence-electron chi connectivity index (χ3n) is 6.90. The van der Waals surface area contributed by atoms with Crippen molar-refractivity contribution in [3.8, 4) is 11.1 Å². The van der Waals surface area contributed by atoms with Gasteiger partial charge in [0.05, 0.1) is 12.0 Å². The topological polar surface area (TPSA) is 75.3 Å². The summed E-state index contributed by atoms with van der Waals surface area (Å²) in [5.74, 6) is -0.658. The van der Waals surface area contributed by atoms with Gasteiger partial charge in [0, 0.05) is 22.5 Å². The van der Waals surface area contributed by atoms with E-state index in [9.17, 15) is 14.4 Å². The van der Waals surface area contributed by atoms with Gasteiger partial charge in [0.2, 0.25) is 5.91 Å². The number of aldehydes is 1. The van der Waals surface area contributed by atoms with Gasteiger partial charge in [-0.15, -0.1) is 0 Å². The van der Waals surface area contributed by atoms with Crippen molar-refractivity contribution in [3.05, 3.63) is 137 Å². The highest BCUT2D eigenvalue weighted by atomic mass is 16.2. The molecule has 6 rings (SSSR count). The Bertz CT molecular complexity index is 1750. The summed E-state index contributed by atoms with van der Waals surface area (Å²) in [6.45, 7) is 0. The molecule has 0 bridgehead atoms. The predicted molar refractivity (Wildman–Crippen MR) is 155 cm³/mol. The molecule has 0 saturated heterocycles. The van der Waals surface area contributed by atoms with Crippen LogP contribution in [0, 0.1) is 0 Å². The molecule has 39 heavy (non-hydrogen) atoms. The summed E-state index contributed by atoms with van der Waals surface area (Å²) in [6.07, 6.45) is 3.06. The van der Waals surface area contributed by atoms with Crippen molar-refractivity contribution in [1.29, 1.82) is 0 Å². The summed E-state index contributed by atoms with van der Waals surface area (Å²) in [5.41, 5.74) is 7.65. The first-order chi connectivity index (χ1) is 19.1. The Morgan fingerprint density at radius 2 is 1.33 bits per heavy atom. The van der Waals surface area contributed by atoms with E-state index in [4.69, 9.17) is 0 Å². The summed E-state index contributed by atoms with van der Waals surface area (Å²) in [4.78, 5) is 36.0. The third kappa shape index (κ3) is 4.86. The van der Waals surface area contributed by atoms with Crippen molar-refractivity contribution >= 4 is 46.3 Å². The van der Waals surface area contributed by atoms with E-state index in [1.54, 1.807) is 0 Å². The Morgan fingerprint density at radius 3 is 2.00 bits per heavy atom. The van der Waals surface area contributed by atoms with Crippen LogP contribution in [0.25, 0.3) is 33.7 Å². The number of amides is 2. The van der Waals surface area contributed by atoms with Crippen LogP contribution >= 0.6 is 0 Å². The van der Waals surface area contributed by atoms with Crippen LogP contribution in [0.1, 0.15) is 37.4 Å². The maximum absolute atomic E-state index is 12.8. The van der Waals surface area contributed by atoms with E-state index in [-0.39, 0.29) is 18.2 Å². The van der Waals surface area contributed by atoms with Crippen molar-refractivity contribution in [2.45, 2.75) is 6.42 Å². The minimum atomic E-state index is -0.359. The highest BCUT2D eigenvalue weighted by Crippen LogP contribution is 2.34. The Labute approximate surface area is 225 Å². The lowest BCUT2D eigenvalue weighted by atomic mass is 9.89. The quantitative estimate of drug-likeness (QED) is 0.151. The number of fused-ring (bicyclic) bond motifs is 3. The van der Waals surface area contributed by atoms with Crippen molar-refractivity contribution in [2.75, 3.05) is 5.32 Å². The molecular weight excluding hydrogens is 484 g/mol. The molecule has 5 aromatic rings. The van der Waals surface area contributed by atoms with Crippen LogP contribution in [0.2, 0.25) is 0 Å². The number of benzene rings is 5. The molecule has 0 saturated carbocycles. The number of rotatable bonds is 6. The van der Waals surface area contributed by atoms with E-state index in [1.807, 2.05) is 97.1 Å². The Kier molecular flexibility index (Phi) is 6.31. The lowest BCUT2D eigenvalue weighted by Crippen LogP contribution is -2.37. The zero-order valence-corrected chi connectivity index (χ0v) is 21.0. The molecule has 0 atom stereocenters. The average molecular weight is 509 g/mol. The zero-order chi connectivity index (χ0) is 26.8. The normalized spacial score (nSPS) is 13.1. The first-order valence-electron chi connectivity index (χ1n) is 12.7. The van der Waals surface area contributed by atoms with Crippen LogP contribution in [0.5, 0.6) is 0 Å². The van der Waals surface area contributed by atoms with Gasteiger partial charge in [0.15, 0.2) is 0 Å². The standard InChI is InChI=1S/C34H24N2O3/c37-21-23-12-16-25(17-13-23)24-14-10-22(11-15-24)18-31(35-27-6-2-1-3-7-27)30-19-26-20-32(38)36-34(39)33(26)29-9-5-4-8-28(29)30/h1-19,21,35H,20H2,(H,36,38,39). The second-order valence-corrected chi connectivity index (χ2v) is 9.47. The number of nitrogens with one attached hydrogen (secondary N) is 2. The molecule has 1 heterocycles. The van der Waals surface area contributed by atoms with Gasteiger partial charge in [-0.1, -0.05) is 91.0 Å². The number of hydrogen-bond acceptors (Lipinski definition) is 4. The summed E-state index contributed by atoms with van der Waals surface area (Å²) < 4.78 is 0. The molecule has 5 heteroatoms. The van der Waals surface area contributed by atoms with Gasteiger partial charge < -0.3 is 5.32 Å². The summed E-state index contributed by atoms with van der Waals surface area (Å²) in [7, 11) is 0. The van der Waals surface area contributed by atoms with Crippen LogP contribution in [-0.4, -0.2) is 18.1 Å². The highest BCUT2D eigenvalue weighted by molar-refractivity contribution is 6.18. The second kappa shape index (κ2) is 10.2. The fraction of sp³-hybridized carbons (Fsp3) is 0.0294. The molecule has 0 spiro atoms. The average Bonchev–Trinajstić information content (AvgIpc) is 2.97. The second-order valence-electron chi connectivity index (χ2n) is 9.47. The van der Waals surface area contributed by atoms with Gasteiger partial charge >= 0.3 is 0 Å². The molecule has 0 unspecified atom stereocenters. The van der Waals surface area contributed by atoms with Crippen LogP contribution in [0.3, 0.4) is 0 Å². The summed E-state index contributed by atoms with van der Waals surface area (Å²) in [5, 5.41) is 7.75. The van der Waals surface area contributed by atoms with Crippen molar-refractivity contribution in [3.63, 3.8) is 0 Å². The first kappa shape index (κ1) is 24.1. The highest BCUT2D eigenvalue weighted by Gasteiger charge is 2.26. The van der Waals surface area contributed by atoms with Crippen LogP contribution in [-0.2, 0) is 11.2 Å². The van der Waals surface area contributed by atoms with Gasteiger partial charge in [-0.05, 0) is 57.3 Å². The van der Waals surface area contributed by atoms with Crippen LogP contribution < -0.4 is 10.6 Å². The fourth-order valence-electron chi connectivity index (χ4n) is 5.02. The molecule has 0 fully saturated rings. The molecule has 0 aromatic heterocycles. The number of hydrogen-bond donors (Lipinski definition) is 2. The Morgan fingerprint density at radius 1 is 0.718 bits per heavy atom. The van der Waals surface area contributed by atoms with E-state index >= 15 is 0 Å². The minimum absolute atomic E-state index is 0.148. The molecule has 2 amide bonds. The maximum Gasteiger partial charge on any atom is 0.258 e. The fourth-order valence-corrected chi connectivity index (χ4v) is 5.02. The van der Waals surface area contributed by atoms with E-state index < -0.39 is 0 Å². The molecule has 0 aliphatic carbocycles. The molecule has 1 aliphatic rings. The lowest BCUT2D eigenvalue weighted by Gasteiger charge is -2.21. The monoisotopic (exact) mass is 508 g/mol. The predicted octanol–water partition coefficient (Wildman–Crippen LogP) is 6.74. The number of carbonyl (C=O) groups excluding carboxylic acids is 3. The zero-order valence-electron chi connectivity index (χ0n) is 21.0. The van der Waals surface area contributed by atoms with Gasteiger partial charge in [-0.3, -0.25) is 19.7 Å². The van der Waals surface area contributed by atoms with Gasteiger partial charge in [0.1, 0.15) is 6.29 Å². The van der Waals surface area contributed by atoms with E-state index in [1.165, 1.54) is 0 Å². The number of para-hydroxylation sites is 1. The van der Waals surface area contributed by atoms with Gasteiger partial charge in [-0.2, -0.15) is 0 Å². The van der Waals surface area contributed by atoms with Crippen LogP contribution in [0.15, 0.2) is 109 Å². The molecular formula is C34H24N2O3. The summed E-state index contributed by atoms with van der Waals surface area (Å²) in [6, 6.07) is 35.3. The Hall–Kier alpha value is -5.29. The maximum atomic E-state index is 12.8. The number of carbonyl (C=O) groups is 3. The third-order valence-corrected chi connectivity index (χ3v) is 6.90. The van der Waals surface area contributed by atoms with Crippen molar-refractivity contribution in [2.24, 2.45) is 0 Å². The van der Waals surface area contributed by atoms with E-state index in [0.717, 1.165) is 50.7 Å². The molecule has 188 valence electrons. The van der Waals surface area contributed by atoms with E-state index in [2.05, 4.69) is 28.8 Å². The van der Waals surface area contributed by atoms with Crippen molar-refractivity contribution < 1.29 is 14.4 Å². The Balaban J connectivity index is 1.47. The largest absolute Gasteiger partial charge is 0.355 e. The summed E-state index contributed by atoms with van der Waals surface area (Å²) >= 11 is 0. The van der Waals surface area contributed by atoms with E-state index in [0.29, 0.717) is 16.7 Å². The molecule has 5 nitrogen and oxygen atoms in total. The van der Waals surface area contributed by atoms with Gasteiger partial charge in [-0.25, -0.2) is 0 Å². The molecule has 2 N–H and O–H groups in total. The lowest BCUT2D eigenvalue weighted by molar-refractivity contribution is -0.119. The molecule has 1 aliphatic heterocycles. The first-order valence-corrected chi connectivity index (χ1v) is 12.7. The molecule has 5 aromatic carbocycles. The molecule has 0 radical (unpaired) electrons. The SMILES string of the molecule is O=Cc1ccc(-c2ccc(C=C(Nc3ccccc3)c3cc4c(c5ccccc35)C(=O)NC(=O)C4)cc2)cc1. The minimum Gasteiger partial charge on any atom is -0.355 e. The number of anilines is 1.